The molecule has 0 amide bonds. The van der Waals surface area contributed by atoms with E-state index in [0.717, 1.165) is 43.7 Å². The highest BCUT2D eigenvalue weighted by Crippen LogP contribution is 2.22. The lowest BCUT2D eigenvalue weighted by molar-refractivity contribution is -0.0718. The van der Waals surface area contributed by atoms with Crippen molar-refractivity contribution in [1.29, 1.82) is 0 Å². The normalized spacial score (nSPS) is 27.9. The number of rotatable bonds is 5. The first-order valence-electron chi connectivity index (χ1n) is 7.79. The molecule has 1 aromatic rings. The van der Waals surface area contributed by atoms with Gasteiger partial charge in [-0.2, -0.15) is 0 Å². The van der Waals surface area contributed by atoms with Gasteiger partial charge in [-0.25, -0.2) is 0 Å². The molecule has 4 nitrogen and oxygen atoms in total. The Kier molecular flexibility index (Phi) is 4.15. The van der Waals surface area contributed by atoms with Crippen molar-refractivity contribution in [2.75, 3.05) is 13.1 Å². The van der Waals surface area contributed by atoms with Gasteiger partial charge in [0.25, 0.3) is 0 Å². The summed E-state index contributed by atoms with van der Waals surface area (Å²) in [5, 5.41) is 3.52. The highest BCUT2D eigenvalue weighted by molar-refractivity contribution is 5.20. The van der Waals surface area contributed by atoms with Crippen molar-refractivity contribution in [2.24, 2.45) is 0 Å². The van der Waals surface area contributed by atoms with E-state index in [1.165, 1.54) is 18.4 Å². The van der Waals surface area contributed by atoms with Crippen molar-refractivity contribution >= 4 is 0 Å². The second-order valence-electron chi connectivity index (χ2n) is 6.43. The van der Waals surface area contributed by atoms with Gasteiger partial charge in [0.2, 0.25) is 0 Å². The van der Waals surface area contributed by atoms with Crippen LogP contribution in [0.5, 0.6) is 0 Å². The molecule has 112 valence electrons. The first-order chi connectivity index (χ1) is 9.60. The third-order valence-electron chi connectivity index (χ3n) is 4.07. The summed E-state index contributed by atoms with van der Waals surface area (Å²) in [5.41, 5.74) is 1.27. The van der Waals surface area contributed by atoms with E-state index in [1.54, 1.807) is 0 Å². The maximum absolute atomic E-state index is 6.02. The maximum Gasteiger partial charge on any atom is 0.120 e. The highest BCUT2D eigenvalue weighted by atomic mass is 16.5. The van der Waals surface area contributed by atoms with Gasteiger partial charge < -0.3 is 14.5 Å². The summed E-state index contributed by atoms with van der Waals surface area (Å²) in [6.45, 7) is 10.2. The zero-order valence-electron chi connectivity index (χ0n) is 12.8. The average Bonchev–Trinajstić information content (AvgIpc) is 3.11. The molecule has 4 heteroatoms. The molecule has 1 aliphatic heterocycles. The Balaban J connectivity index is 1.57. The lowest BCUT2D eigenvalue weighted by atomic mass is 10.2. The molecule has 1 aromatic heterocycles. The molecular formula is C16H26N2O2. The third-order valence-corrected chi connectivity index (χ3v) is 4.07. The predicted molar refractivity (Wildman–Crippen MR) is 78.6 cm³/mol. The molecule has 2 atom stereocenters. The molecule has 2 fully saturated rings. The lowest BCUT2D eigenvalue weighted by Crippen LogP contribution is -2.44. The van der Waals surface area contributed by atoms with Crippen molar-refractivity contribution < 1.29 is 9.15 Å². The molecule has 1 saturated heterocycles. The third kappa shape index (κ3) is 3.62. The number of furan rings is 1. The summed E-state index contributed by atoms with van der Waals surface area (Å²) in [6.07, 6.45) is 3.25. The van der Waals surface area contributed by atoms with Crippen molar-refractivity contribution in [3.63, 3.8) is 0 Å². The molecule has 1 aliphatic carbocycles. The van der Waals surface area contributed by atoms with Gasteiger partial charge in [0.15, 0.2) is 0 Å². The summed E-state index contributed by atoms with van der Waals surface area (Å²) in [5.74, 6) is 2.18. The molecule has 2 aliphatic rings. The zero-order valence-corrected chi connectivity index (χ0v) is 12.8. The molecule has 1 saturated carbocycles. The fourth-order valence-corrected chi connectivity index (χ4v) is 3.00. The lowest BCUT2D eigenvalue weighted by Gasteiger charge is -2.34. The van der Waals surface area contributed by atoms with E-state index in [0.29, 0.717) is 12.2 Å². The van der Waals surface area contributed by atoms with Gasteiger partial charge in [-0.1, -0.05) is 0 Å². The van der Waals surface area contributed by atoms with E-state index in [4.69, 9.17) is 9.15 Å². The fraction of sp³-hybridized carbons (Fsp3) is 0.750. The van der Waals surface area contributed by atoms with Gasteiger partial charge in [-0.3, -0.25) is 4.90 Å². The molecule has 2 unspecified atom stereocenters. The Bertz CT molecular complexity index is 443. The summed E-state index contributed by atoms with van der Waals surface area (Å²) in [7, 11) is 0. The number of hydrogen-bond donors (Lipinski definition) is 1. The SMILES string of the molecule is Cc1cc(CN2CC(C)OC(C)C2)oc1CNC1CC1. The van der Waals surface area contributed by atoms with E-state index in [-0.39, 0.29) is 0 Å². The van der Waals surface area contributed by atoms with E-state index in [1.807, 2.05) is 0 Å². The van der Waals surface area contributed by atoms with Crippen LogP contribution >= 0.6 is 0 Å². The van der Waals surface area contributed by atoms with Gasteiger partial charge in [-0.05, 0) is 45.2 Å². The molecular weight excluding hydrogens is 252 g/mol. The molecule has 3 rings (SSSR count). The van der Waals surface area contributed by atoms with Gasteiger partial charge in [-0.15, -0.1) is 0 Å². The van der Waals surface area contributed by atoms with Crippen LogP contribution in [0, 0.1) is 6.92 Å². The van der Waals surface area contributed by atoms with E-state index in [9.17, 15) is 0 Å². The van der Waals surface area contributed by atoms with Crippen LogP contribution in [0.4, 0.5) is 0 Å². The Hall–Kier alpha value is -0.840. The van der Waals surface area contributed by atoms with E-state index < -0.39 is 0 Å². The largest absolute Gasteiger partial charge is 0.463 e. The van der Waals surface area contributed by atoms with Crippen molar-refractivity contribution in [3.8, 4) is 0 Å². The molecule has 0 radical (unpaired) electrons. The predicted octanol–water partition coefficient (Wildman–Crippen LogP) is 2.45. The summed E-state index contributed by atoms with van der Waals surface area (Å²) in [4.78, 5) is 2.43. The standard InChI is InChI=1S/C16H26N2O2/c1-11-6-15(20-16(11)7-17-14-4-5-14)10-18-8-12(2)19-13(3)9-18/h6,12-14,17H,4-5,7-10H2,1-3H3. The number of ether oxygens (including phenoxy) is 1. The number of nitrogens with one attached hydrogen (secondary N) is 1. The molecule has 0 spiro atoms. The monoisotopic (exact) mass is 278 g/mol. The van der Waals surface area contributed by atoms with Crippen LogP contribution in [-0.2, 0) is 17.8 Å². The van der Waals surface area contributed by atoms with E-state index in [2.05, 4.69) is 37.1 Å². The van der Waals surface area contributed by atoms with Crippen LogP contribution in [0.3, 0.4) is 0 Å². The van der Waals surface area contributed by atoms with Gasteiger partial charge in [0, 0.05) is 19.1 Å². The van der Waals surface area contributed by atoms with Crippen molar-refractivity contribution in [1.82, 2.24) is 10.2 Å². The zero-order chi connectivity index (χ0) is 14.1. The van der Waals surface area contributed by atoms with E-state index >= 15 is 0 Å². The maximum atomic E-state index is 6.02. The average molecular weight is 278 g/mol. The molecule has 0 aromatic carbocycles. The van der Waals surface area contributed by atoms with Crippen LogP contribution in [0.2, 0.25) is 0 Å². The van der Waals surface area contributed by atoms with Gasteiger partial charge >= 0.3 is 0 Å². The topological polar surface area (TPSA) is 37.6 Å². The van der Waals surface area contributed by atoms with Crippen LogP contribution in [0.1, 0.15) is 43.8 Å². The first kappa shape index (κ1) is 14.1. The Morgan fingerprint density at radius 2 is 1.95 bits per heavy atom. The summed E-state index contributed by atoms with van der Waals surface area (Å²) >= 11 is 0. The highest BCUT2D eigenvalue weighted by Gasteiger charge is 2.24. The molecule has 1 N–H and O–H groups in total. The number of nitrogens with zero attached hydrogens (tertiary/aromatic N) is 1. The van der Waals surface area contributed by atoms with Crippen LogP contribution in [0.25, 0.3) is 0 Å². The molecule has 0 bridgehead atoms. The molecule has 20 heavy (non-hydrogen) atoms. The summed E-state index contributed by atoms with van der Waals surface area (Å²) < 4.78 is 11.8. The van der Waals surface area contributed by atoms with Crippen LogP contribution < -0.4 is 5.32 Å². The first-order valence-corrected chi connectivity index (χ1v) is 7.79. The van der Waals surface area contributed by atoms with Crippen molar-refractivity contribution in [3.05, 3.63) is 23.2 Å². The minimum absolute atomic E-state index is 0.311. The second kappa shape index (κ2) is 5.88. The van der Waals surface area contributed by atoms with Gasteiger partial charge in [0.05, 0.1) is 25.3 Å². The number of morpholine rings is 1. The van der Waals surface area contributed by atoms with Crippen molar-refractivity contribution in [2.45, 2.75) is 65.0 Å². The second-order valence-corrected chi connectivity index (χ2v) is 6.43. The Morgan fingerprint density at radius 3 is 2.60 bits per heavy atom. The Morgan fingerprint density at radius 1 is 1.25 bits per heavy atom. The van der Waals surface area contributed by atoms with Crippen LogP contribution in [-0.4, -0.2) is 36.2 Å². The smallest absolute Gasteiger partial charge is 0.120 e. The number of aryl methyl sites for hydroxylation is 1. The quantitative estimate of drug-likeness (QED) is 0.898. The van der Waals surface area contributed by atoms with Gasteiger partial charge in [0.1, 0.15) is 11.5 Å². The summed E-state index contributed by atoms with van der Waals surface area (Å²) in [6, 6.07) is 2.92. The fourth-order valence-electron chi connectivity index (χ4n) is 3.00. The number of hydrogen-bond acceptors (Lipinski definition) is 4. The minimum Gasteiger partial charge on any atom is -0.463 e. The Labute approximate surface area is 121 Å². The molecule has 2 heterocycles. The minimum atomic E-state index is 0.311. The van der Waals surface area contributed by atoms with Crippen LogP contribution in [0.15, 0.2) is 10.5 Å².